The molecule has 5 heteroatoms. The van der Waals surface area contributed by atoms with Crippen molar-refractivity contribution in [2.75, 3.05) is 18.1 Å². The Hall–Kier alpha value is -0.870. The summed E-state index contributed by atoms with van der Waals surface area (Å²) in [6, 6.07) is 2.33. The molecule has 1 aromatic rings. The minimum Gasteiger partial charge on any atom is -0.395 e. The zero-order valence-corrected chi connectivity index (χ0v) is 9.90. The number of aliphatic hydroxyl groups is 1. The summed E-state index contributed by atoms with van der Waals surface area (Å²) in [6.45, 7) is 0.746. The van der Waals surface area contributed by atoms with E-state index in [1.807, 2.05) is 6.07 Å². The molecule has 0 radical (unpaired) electrons. The lowest BCUT2D eigenvalue weighted by molar-refractivity contribution is 0.297. The molecule has 0 amide bonds. The van der Waals surface area contributed by atoms with Gasteiger partial charge in [-0.2, -0.15) is 0 Å². The second kappa shape index (κ2) is 5.46. The maximum Gasteiger partial charge on any atom is 0.224 e. The van der Waals surface area contributed by atoms with E-state index in [0.29, 0.717) is 12.6 Å². The van der Waals surface area contributed by atoms with Gasteiger partial charge in [-0.1, -0.05) is 12.8 Å². The van der Waals surface area contributed by atoms with E-state index in [1.165, 1.54) is 25.7 Å². The molecule has 1 heterocycles. The molecule has 2 rings (SSSR count). The van der Waals surface area contributed by atoms with Gasteiger partial charge in [0, 0.05) is 18.8 Å². The van der Waals surface area contributed by atoms with Gasteiger partial charge >= 0.3 is 0 Å². The quantitative estimate of drug-likeness (QED) is 0.818. The monoisotopic (exact) mass is 241 g/mol. The number of aliphatic hydroxyl groups excluding tert-OH is 1. The minimum absolute atomic E-state index is 0.137. The summed E-state index contributed by atoms with van der Waals surface area (Å²) >= 11 is 5.78. The number of hydrogen-bond acceptors (Lipinski definition) is 4. The van der Waals surface area contributed by atoms with Gasteiger partial charge in [-0.05, 0) is 30.5 Å². The van der Waals surface area contributed by atoms with Gasteiger partial charge in [-0.3, -0.25) is 0 Å². The number of halogens is 1. The van der Waals surface area contributed by atoms with E-state index in [4.69, 9.17) is 16.7 Å². The first-order chi connectivity index (χ1) is 7.81. The van der Waals surface area contributed by atoms with E-state index in [0.717, 1.165) is 5.82 Å². The Kier molecular flexibility index (Phi) is 3.96. The lowest BCUT2D eigenvalue weighted by atomic mass is 10.2. The number of nitrogens with zero attached hydrogens (tertiary/aromatic N) is 3. The molecule has 1 N–H and O–H groups in total. The van der Waals surface area contributed by atoms with Crippen molar-refractivity contribution in [2.45, 2.75) is 31.7 Å². The SMILES string of the molecule is OCCN(c1ccnc(Cl)n1)C1CCCC1. The van der Waals surface area contributed by atoms with Crippen LogP contribution in [0.4, 0.5) is 5.82 Å². The number of rotatable bonds is 4. The predicted molar refractivity (Wildman–Crippen MR) is 63.7 cm³/mol. The van der Waals surface area contributed by atoms with E-state index in [9.17, 15) is 0 Å². The van der Waals surface area contributed by atoms with Crippen LogP contribution in [0.3, 0.4) is 0 Å². The van der Waals surface area contributed by atoms with Crippen LogP contribution < -0.4 is 4.90 Å². The second-order valence-electron chi connectivity index (χ2n) is 4.04. The van der Waals surface area contributed by atoms with Crippen LogP contribution in [0, 0.1) is 0 Å². The smallest absolute Gasteiger partial charge is 0.224 e. The van der Waals surface area contributed by atoms with Crippen LogP contribution in [0.25, 0.3) is 0 Å². The summed E-state index contributed by atoms with van der Waals surface area (Å²) in [5.41, 5.74) is 0. The molecule has 0 saturated heterocycles. The van der Waals surface area contributed by atoms with Crippen LogP contribution in [0.15, 0.2) is 12.3 Å². The average Bonchev–Trinajstić information content (AvgIpc) is 2.79. The summed E-state index contributed by atoms with van der Waals surface area (Å²) < 4.78 is 0. The maximum atomic E-state index is 9.11. The van der Waals surface area contributed by atoms with Crippen molar-refractivity contribution < 1.29 is 5.11 Å². The van der Waals surface area contributed by atoms with Crippen LogP contribution in [0.1, 0.15) is 25.7 Å². The van der Waals surface area contributed by atoms with Crippen LogP contribution in [0.5, 0.6) is 0 Å². The van der Waals surface area contributed by atoms with Gasteiger partial charge in [0.1, 0.15) is 5.82 Å². The van der Waals surface area contributed by atoms with Gasteiger partial charge in [0.25, 0.3) is 0 Å². The van der Waals surface area contributed by atoms with Crippen LogP contribution >= 0.6 is 11.6 Å². The van der Waals surface area contributed by atoms with E-state index < -0.39 is 0 Å². The third-order valence-corrected chi connectivity index (χ3v) is 3.19. The largest absolute Gasteiger partial charge is 0.395 e. The first kappa shape index (κ1) is 11.6. The lowest BCUT2D eigenvalue weighted by Gasteiger charge is -2.29. The third-order valence-electron chi connectivity index (χ3n) is 3.01. The molecule has 0 spiro atoms. The second-order valence-corrected chi connectivity index (χ2v) is 4.38. The van der Waals surface area contributed by atoms with Crippen LogP contribution in [-0.4, -0.2) is 34.3 Å². The molecule has 0 aliphatic heterocycles. The Morgan fingerprint density at radius 3 is 2.81 bits per heavy atom. The van der Waals surface area contributed by atoms with Crippen molar-refractivity contribution in [3.05, 3.63) is 17.5 Å². The minimum atomic E-state index is 0.137. The van der Waals surface area contributed by atoms with E-state index >= 15 is 0 Å². The van der Waals surface area contributed by atoms with Crippen molar-refractivity contribution in [3.8, 4) is 0 Å². The van der Waals surface area contributed by atoms with Gasteiger partial charge < -0.3 is 10.0 Å². The first-order valence-corrected chi connectivity index (χ1v) is 6.05. The fourth-order valence-electron chi connectivity index (χ4n) is 2.29. The fraction of sp³-hybridized carbons (Fsp3) is 0.636. The van der Waals surface area contributed by atoms with Gasteiger partial charge in [0.2, 0.25) is 5.28 Å². The Bertz CT molecular complexity index is 342. The fourth-order valence-corrected chi connectivity index (χ4v) is 2.44. The zero-order chi connectivity index (χ0) is 11.4. The topological polar surface area (TPSA) is 49.2 Å². The Labute approximate surface area is 100 Å². The molecular weight excluding hydrogens is 226 g/mol. The van der Waals surface area contributed by atoms with Crippen molar-refractivity contribution in [3.63, 3.8) is 0 Å². The van der Waals surface area contributed by atoms with Crippen LogP contribution in [-0.2, 0) is 0 Å². The zero-order valence-electron chi connectivity index (χ0n) is 9.14. The van der Waals surface area contributed by atoms with Crippen molar-refractivity contribution in [1.29, 1.82) is 0 Å². The molecule has 0 aromatic carbocycles. The van der Waals surface area contributed by atoms with E-state index in [2.05, 4.69) is 14.9 Å². The summed E-state index contributed by atoms with van der Waals surface area (Å²) in [6.07, 6.45) is 6.50. The number of hydrogen-bond donors (Lipinski definition) is 1. The summed E-state index contributed by atoms with van der Waals surface area (Å²) in [4.78, 5) is 10.2. The average molecular weight is 242 g/mol. The molecule has 1 aliphatic carbocycles. The third kappa shape index (κ3) is 2.62. The first-order valence-electron chi connectivity index (χ1n) is 5.67. The molecule has 1 saturated carbocycles. The molecule has 1 fully saturated rings. The molecule has 1 aliphatic rings. The highest BCUT2D eigenvalue weighted by molar-refractivity contribution is 6.28. The van der Waals surface area contributed by atoms with Gasteiger partial charge in [0.05, 0.1) is 6.61 Å². The highest BCUT2D eigenvalue weighted by Crippen LogP contribution is 2.27. The van der Waals surface area contributed by atoms with Crippen molar-refractivity contribution in [2.24, 2.45) is 0 Å². The van der Waals surface area contributed by atoms with Crippen molar-refractivity contribution in [1.82, 2.24) is 9.97 Å². The van der Waals surface area contributed by atoms with E-state index in [1.54, 1.807) is 6.20 Å². The molecule has 0 atom stereocenters. The Morgan fingerprint density at radius 2 is 2.19 bits per heavy atom. The molecule has 88 valence electrons. The van der Waals surface area contributed by atoms with Gasteiger partial charge in [-0.15, -0.1) is 0 Å². The highest BCUT2D eigenvalue weighted by atomic mass is 35.5. The van der Waals surface area contributed by atoms with Crippen LogP contribution in [0.2, 0.25) is 5.28 Å². The standard InChI is InChI=1S/C11H16ClN3O/c12-11-13-6-5-10(14-11)15(7-8-16)9-3-1-2-4-9/h5-6,9,16H,1-4,7-8H2. The number of anilines is 1. The predicted octanol–water partition coefficient (Wildman–Crippen LogP) is 1.87. The molecule has 0 unspecified atom stereocenters. The maximum absolute atomic E-state index is 9.11. The summed E-state index contributed by atoms with van der Waals surface area (Å²) in [5, 5.41) is 9.37. The molecule has 16 heavy (non-hydrogen) atoms. The molecular formula is C11H16ClN3O. The molecule has 4 nitrogen and oxygen atoms in total. The molecule has 1 aromatic heterocycles. The molecule has 0 bridgehead atoms. The summed E-state index contributed by atoms with van der Waals surface area (Å²) in [7, 11) is 0. The normalized spacial score (nSPS) is 16.6. The lowest BCUT2D eigenvalue weighted by Crippen LogP contribution is -2.36. The van der Waals surface area contributed by atoms with Gasteiger partial charge in [-0.25, -0.2) is 9.97 Å². The Morgan fingerprint density at radius 1 is 1.44 bits per heavy atom. The summed E-state index contributed by atoms with van der Waals surface area (Å²) in [5.74, 6) is 0.820. The van der Waals surface area contributed by atoms with Crippen molar-refractivity contribution >= 4 is 17.4 Å². The number of aromatic nitrogens is 2. The van der Waals surface area contributed by atoms with Gasteiger partial charge in [0.15, 0.2) is 0 Å². The highest BCUT2D eigenvalue weighted by Gasteiger charge is 2.23. The van der Waals surface area contributed by atoms with E-state index in [-0.39, 0.29) is 11.9 Å². The Balaban J connectivity index is 2.17.